The van der Waals surface area contributed by atoms with Crippen LogP contribution in [-0.2, 0) is 6.18 Å². The van der Waals surface area contributed by atoms with Gasteiger partial charge in [-0.05, 0) is 12.1 Å². The van der Waals surface area contributed by atoms with Crippen LogP contribution in [-0.4, -0.2) is 4.98 Å². The molecule has 8 heteroatoms. The third-order valence-corrected chi connectivity index (χ3v) is 3.38. The van der Waals surface area contributed by atoms with Crippen molar-refractivity contribution in [3.05, 3.63) is 39.3 Å². The van der Waals surface area contributed by atoms with Crippen molar-refractivity contribution in [2.24, 2.45) is 0 Å². The fraction of sp³-hybridized carbons (Fsp3) is 0.100. The van der Waals surface area contributed by atoms with E-state index in [2.05, 4.69) is 10.3 Å². The number of aromatic nitrogens is 1. The molecule has 0 atom stereocenters. The van der Waals surface area contributed by atoms with Crippen LogP contribution < -0.4 is 5.32 Å². The van der Waals surface area contributed by atoms with Gasteiger partial charge in [0.05, 0.1) is 15.7 Å². The molecular formula is C10H5Cl2F3N2S. The van der Waals surface area contributed by atoms with E-state index >= 15 is 0 Å². The number of nitrogens with one attached hydrogen (secondary N) is 1. The summed E-state index contributed by atoms with van der Waals surface area (Å²) < 4.78 is 37.1. The van der Waals surface area contributed by atoms with Crippen LogP contribution in [0.15, 0.2) is 23.6 Å². The maximum absolute atomic E-state index is 12.4. The van der Waals surface area contributed by atoms with Crippen LogP contribution in [0.2, 0.25) is 10.0 Å². The Labute approximate surface area is 114 Å². The van der Waals surface area contributed by atoms with Gasteiger partial charge in [0.25, 0.3) is 0 Å². The first-order valence-corrected chi connectivity index (χ1v) is 6.25. The molecule has 18 heavy (non-hydrogen) atoms. The van der Waals surface area contributed by atoms with Crippen molar-refractivity contribution < 1.29 is 13.2 Å². The van der Waals surface area contributed by atoms with Gasteiger partial charge in [-0.1, -0.05) is 29.3 Å². The molecule has 0 aliphatic heterocycles. The standard InChI is InChI=1S/C10H5Cl2F3N2S/c11-5-2-1-3-6(12)8(5)17-9-16-7(4-18-9)10(13,14)15/h1-4H,(H,16,17). The second kappa shape index (κ2) is 4.95. The summed E-state index contributed by atoms with van der Waals surface area (Å²) in [7, 11) is 0. The van der Waals surface area contributed by atoms with Crippen molar-refractivity contribution in [2.75, 3.05) is 5.32 Å². The molecule has 0 aliphatic carbocycles. The van der Waals surface area contributed by atoms with Crippen LogP contribution in [0.5, 0.6) is 0 Å². The van der Waals surface area contributed by atoms with Crippen LogP contribution in [0.4, 0.5) is 24.0 Å². The van der Waals surface area contributed by atoms with Crippen molar-refractivity contribution in [2.45, 2.75) is 6.18 Å². The Kier molecular flexibility index (Phi) is 3.70. The Balaban J connectivity index is 2.27. The lowest BCUT2D eigenvalue weighted by Gasteiger charge is -2.07. The summed E-state index contributed by atoms with van der Waals surface area (Å²) in [4.78, 5) is 3.42. The first kappa shape index (κ1) is 13.5. The van der Waals surface area contributed by atoms with Crippen molar-refractivity contribution in [3.8, 4) is 0 Å². The third-order valence-electron chi connectivity index (χ3n) is 1.99. The number of thiazole rings is 1. The number of hydrogen-bond acceptors (Lipinski definition) is 3. The van der Waals surface area contributed by atoms with Gasteiger partial charge in [-0.25, -0.2) is 4.98 Å². The minimum Gasteiger partial charge on any atom is -0.329 e. The third kappa shape index (κ3) is 2.88. The zero-order valence-electron chi connectivity index (χ0n) is 8.55. The maximum Gasteiger partial charge on any atom is 0.434 e. The first-order valence-electron chi connectivity index (χ1n) is 4.61. The van der Waals surface area contributed by atoms with Crippen LogP contribution in [0, 0.1) is 0 Å². The highest BCUT2D eigenvalue weighted by atomic mass is 35.5. The van der Waals surface area contributed by atoms with E-state index < -0.39 is 11.9 Å². The largest absolute Gasteiger partial charge is 0.434 e. The summed E-state index contributed by atoms with van der Waals surface area (Å²) in [6, 6.07) is 4.79. The number of nitrogens with zero attached hydrogens (tertiary/aromatic N) is 1. The molecule has 0 saturated carbocycles. The molecule has 1 aromatic heterocycles. The lowest BCUT2D eigenvalue weighted by molar-refractivity contribution is -0.140. The van der Waals surface area contributed by atoms with Crippen LogP contribution >= 0.6 is 34.5 Å². The molecule has 0 aliphatic rings. The summed E-state index contributed by atoms with van der Waals surface area (Å²) in [5, 5.41) is 4.30. The van der Waals surface area contributed by atoms with Gasteiger partial charge in [0, 0.05) is 5.38 Å². The number of alkyl halides is 3. The van der Waals surface area contributed by atoms with E-state index in [-0.39, 0.29) is 5.13 Å². The number of rotatable bonds is 2. The molecule has 96 valence electrons. The van der Waals surface area contributed by atoms with Gasteiger partial charge >= 0.3 is 6.18 Å². The number of para-hydroxylation sites is 1. The second-order valence-electron chi connectivity index (χ2n) is 3.26. The van der Waals surface area contributed by atoms with E-state index in [0.29, 0.717) is 15.7 Å². The van der Waals surface area contributed by atoms with E-state index in [9.17, 15) is 13.2 Å². The Morgan fingerprint density at radius 1 is 1.17 bits per heavy atom. The van der Waals surface area contributed by atoms with Crippen LogP contribution in [0.3, 0.4) is 0 Å². The molecule has 1 N–H and O–H groups in total. The van der Waals surface area contributed by atoms with Gasteiger partial charge in [0.1, 0.15) is 0 Å². The SMILES string of the molecule is FC(F)(F)c1csc(Nc2c(Cl)cccc2Cl)n1. The average molecular weight is 313 g/mol. The second-order valence-corrected chi connectivity index (χ2v) is 4.93. The van der Waals surface area contributed by atoms with E-state index in [4.69, 9.17) is 23.2 Å². The quantitative estimate of drug-likeness (QED) is 0.823. The fourth-order valence-electron chi connectivity index (χ4n) is 1.19. The first-order chi connectivity index (χ1) is 8.38. The maximum atomic E-state index is 12.4. The molecule has 2 aromatic rings. The number of anilines is 2. The summed E-state index contributed by atoms with van der Waals surface area (Å²) >= 11 is 12.6. The van der Waals surface area contributed by atoms with Gasteiger partial charge in [0.2, 0.25) is 0 Å². The zero-order valence-corrected chi connectivity index (χ0v) is 10.9. The van der Waals surface area contributed by atoms with Gasteiger partial charge in [0.15, 0.2) is 10.8 Å². The lowest BCUT2D eigenvalue weighted by atomic mass is 10.3. The Morgan fingerprint density at radius 2 is 1.78 bits per heavy atom. The molecule has 0 radical (unpaired) electrons. The summed E-state index contributed by atoms with van der Waals surface area (Å²) in [6.45, 7) is 0. The number of benzene rings is 1. The van der Waals surface area contributed by atoms with Gasteiger partial charge in [-0.2, -0.15) is 13.2 Å². The van der Waals surface area contributed by atoms with Crippen molar-refractivity contribution in [1.82, 2.24) is 4.98 Å². The van der Waals surface area contributed by atoms with E-state index in [1.54, 1.807) is 18.2 Å². The normalized spacial score (nSPS) is 11.6. The highest BCUT2D eigenvalue weighted by Gasteiger charge is 2.33. The average Bonchev–Trinajstić information content (AvgIpc) is 2.72. The van der Waals surface area contributed by atoms with Crippen molar-refractivity contribution in [3.63, 3.8) is 0 Å². The summed E-state index contributed by atoms with van der Waals surface area (Å²) in [6.07, 6.45) is -4.46. The number of hydrogen-bond donors (Lipinski definition) is 1. The van der Waals surface area contributed by atoms with Crippen LogP contribution in [0.1, 0.15) is 5.69 Å². The molecule has 1 aromatic carbocycles. The van der Waals surface area contributed by atoms with E-state index in [1.165, 1.54) is 0 Å². The van der Waals surface area contributed by atoms with Gasteiger partial charge in [-0.3, -0.25) is 0 Å². The highest BCUT2D eigenvalue weighted by Crippen LogP contribution is 2.36. The Hall–Kier alpha value is -0.980. The summed E-state index contributed by atoms with van der Waals surface area (Å²) in [5.74, 6) is 0. The Bertz CT molecular complexity index is 548. The summed E-state index contributed by atoms with van der Waals surface area (Å²) in [5.41, 5.74) is -0.609. The number of halogens is 5. The molecule has 1 heterocycles. The molecular weight excluding hydrogens is 308 g/mol. The molecule has 0 fully saturated rings. The van der Waals surface area contributed by atoms with E-state index in [0.717, 1.165) is 16.7 Å². The molecule has 0 saturated heterocycles. The molecule has 0 bridgehead atoms. The van der Waals surface area contributed by atoms with Gasteiger partial charge < -0.3 is 5.32 Å². The van der Waals surface area contributed by atoms with E-state index in [1.807, 2.05) is 0 Å². The smallest absolute Gasteiger partial charge is 0.329 e. The molecule has 2 rings (SSSR count). The minimum absolute atomic E-state index is 0.0809. The monoisotopic (exact) mass is 312 g/mol. The van der Waals surface area contributed by atoms with Crippen molar-refractivity contribution >= 4 is 45.4 Å². The molecule has 2 nitrogen and oxygen atoms in total. The lowest BCUT2D eigenvalue weighted by Crippen LogP contribution is -2.05. The predicted molar refractivity (Wildman–Crippen MR) is 66.9 cm³/mol. The fourth-order valence-corrected chi connectivity index (χ4v) is 2.40. The highest BCUT2D eigenvalue weighted by molar-refractivity contribution is 7.13. The molecule has 0 unspecified atom stereocenters. The molecule has 0 amide bonds. The van der Waals surface area contributed by atoms with Crippen molar-refractivity contribution in [1.29, 1.82) is 0 Å². The topological polar surface area (TPSA) is 24.9 Å². The van der Waals surface area contributed by atoms with Gasteiger partial charge in [-0.15, -0.1) is 11.3 Å². The molecule has 0 spiro atoms. The predicted octanol–water partition coefficient (Wildman–Crippen LogP) is 5.21. The Morgan fingerprint density at radius 3 is 2.28 bits per heavy atom. The minimum atomic E-state index is -4.46. The zero-order chi connectivity index (χ0) is 13.3. The van der Waals surface area contributed by atoms with Crippen LogP contribution in [0.25, 0.3) is 0 Å².